The van der Waals surface area contributed by atoms with Gasteiger partial charge in [-0.1, -0.05) is 34.6 Å². The second kappa shape index (κ2) is 10.5. The third-order valence-corrected chi connectivity index (χ3v) is 5.50. The van der Waals surface area contributed by atoms with Crippen LogP contribution in [0.5, 0.6) is 0 Å². The van der Waals surface area contributed by atoms with E-state index >= 15 is 0 Å². The number of hydrogen-bond donors (Lipinski definition) is 1. The van der Waals surface area contributed by atoms with Gasteiger partial charge in [0.05, 0.1) is 7.11 Å². The summed E-state index contributed by atoms with van der Waals surface area (Å²) in [6.07, 6.45) is 0.248. The molecule has 0 aliphatic carbocycles. The molecule has 3 amide bonds. The van der Waals surface area contributed by atoms with Crippen LogP contribution in [-0.2, 0) is 23.9 Å². The van der Waals surface area contributed by atoms with Crippen LogP contribution in [0.3, 0.4) is 0 Å². The summed E-state index contributed by atoms with van der Waals surface area (Å²) in [6.45, 7) is 15.0. The van der Waals surface area contributed by atoms with E-state index in [4.69, 9.17) is 9.47 Å². The van der Waals surface area contributed by atoms with Gasteiger partial charge in [-0.3, -0.25) is 14.5 Å². The largest absolute Gasteiger partial charge is 0.467 e. The molecule has 4 atom stereocenters. The summed E-state index contributed by atoms with van der Waals surface area (Å²) in [6, 6.07) is -2.36. The number of likely N-dealkylation sites (tertiary alicyclic amines) is 1. The van der Waals surface area contributed by atoms with Crippen molar-refractivity contribution in [2.45, 2.75) is 92.0 Å². The third-order valence-electron chi connectivity index (χ3n) is 5.50. The first-order chi connectivity index (χ1) is 14.5. The van der Waals surface area contributed by atoms with E-state index < -0.39 is 47.1 Å². The van der Waals surface area contributed by atoms with Gasteiger partial charge in [-0.2, -0.15) is 0 Å². The van der Waals surface area contributed by atoms with E-state index in [0.29, 0.717) is 19.4 Å². The number of carbonyl (C=O) groups is 4. The molecule has 1 N–H and O–H groups in total. The Bertz CT molecular complexity index is 710. The van der Waals surface area contributed by atoms with Gasteiger partial charge < -0.3 is 19.7 Å². The maximum Gasteiger partial charge on any atom is 0.410 e. The van der Waals surface area contributed by atoms with E-state index in [1.165, 1.54) is 24.0 Å². The summed E-state index contributed by atoms with van der Waals surface area (Å²) >= 11 is 0. The molecule has 1 rings (SSSR count). The maximum absolute atomic E-state index is 13.5. The second-order valence-electron chi connectivity index (χ2n) is 10.7. The number of hydrogen-bond acceptors (Lipinski definition) is 6. The number of ether oxygens (including phenoxy) is 2. The lowest BCUT2D eigenvalue weighted by molar-refractivity contribution is -0.153. The Hall–Kier alpha value is -2.32. The molecular formula is C23H41N3O6. The van der Waals surface area contributed by atoms with Crippen LogP contribution in [-0.4, -0.2) is 78.1 Å². The molecule has 1 heterocycles. The first kappa shape index (κ1) is 27.7. The van der Waals surface area contributed by atoms with Crippen LogP contribution < -0.4 is 5.32 Å². The number of nitrogens with zero attached hydrogens (tertiary/aromatic N) is 2. The van der Waals surface area contributed by atoms with E-state index in [2.05, 4.69) is 5.32 Å². The van der Waals surface area contributed by atoms with Crippen molar-refractivity contribution in [1.29, 1.82) is 0 Å². The van der Waals surface area contributed by atoms with Gasteiger partial charge in [0, 0.05) is 13.6 Å². The Balaban J connectivity index is 3.10. The summed E-state index contributed by atoms with van der Waals surface area (Å²) < 4.78 is 10.3. The number of amides is 3. The Kier molecular flexibility index (Phi) is 9.12. The molecule has 0 aromatic rings. The summed E-state index contributed by atoms with van der Waals surface area (Å²) in [5.41, 5.74) is -1.32. The summed E-state index contributed by atoms with van der Waals surface area (Å²) in [5.74, 6) is -1.10. The molecule has 0 bridgehead atoms. The number of esters is 1. The Morgan fingerprint density at radius 1 is 1.12 bits per heavy atom. The van der Waals surface area contributed by atoms with Crippen LogP contribution in [0, 0.1) is 11.3 Å². The fraction of sp³-hybridized carbons (Fsp3) is 0.826. The van der Waals surface area contributed by atoms with Crippen LogP contribution in [0.15, 0.2) is 0 Å². The highest BCUT2D eigenvalue weighted by molar-refractivity contribution is 5.93. The number of methoxy groups -OCH3 is 1. The minimum Gasteiger partial charge on any atom is -0.467 e. The van der Waals surface area contributed by atoms with Crippen molar-refractivity contribution < 1.29 is 28.7 Å². The molecule has 1 aliphatic rings. The highest BCUT2D eigenvalue weighted by Crippen LogP contribution is 2.29. The normalized spacial score (nSPS) is 20.9. The summed E-state index contributed by atoms with van der Waals surface area (Å²) in [7, 11) is 2.81. The van der Waals surface area contributed by atoms with Gasteiger partial charge in [-0.25, -0.2) is 9.59 Å². The molecular weight excluding hydrogens is 414 g/mol. The standard InChI is InChI=1S/C23H41N3O6/c1-11-15(25(9)21(30)32-23(6,7)8)18(27)24-17(22(3,4)5)19(28)26-13-14(2)12-16(26)20(29)31-10/h14-17H,11-13H2,1-10H3,(H,24,27)/t14-,15-,16-,17+/m0/s1. The monoisotopic (exact) mass is 455 g/mol. The summed E-state index contributed by atoms with van der Waals surface area (Å²) in [5, 5.41) is 2.84. The topological polar surface area (TPSA) is 105 Å². The fourth-order valence-corrected chi connectivity index (χ4v) is 3.80. The van der Waals surface area contributed by atoms with Gasteiger partial charge in [0.15, 0.2) is 0 Å². The lowest BCUT2D eigenvalue weighted by Crippen LogP contribution is -2.60. The predicted octanol–water partition coefficient (Wildman–Crippen LogP) is 2.57. The van der Waals surface area contributed by atoms with Crippen molar-refractivity contribution in [3.63, 3.8) is 0 Å². The van der Waals surface area contributed by atoms with Gasteiger partial charge in [0.25, 0.3) is 0 Å². The lowest BCUT2D eigenvalue weighted by Gasteiger charge is -2.37. The molecule has 9 heteroatoms. The predicted molar refractivity (Wildman–Crippen MR) is 121 cm³/mol. The lowest BCUT2D eigenvalue weighted by atomic mass is 9.85. The highest BCUT2D eigenvalue weighted by Gasteiger charge is 2.45. The van der Waals surface area contributed by atoms with E-state index in [0.717, 1.165) is 0 Å². The number of nitrogens with one attached hydrogen (secondary N) is 1. The molecule has 9 nitrogen and oxygen atoms in total. The average Bonchev–Trinajstić information content (AvgIpc) is 3.04. The Morgan fingerprint density at radius 3 is 2.12 bits per heavy atom. The van der Waals surface area contributed by atoms with Crippen molar-refractivity contribution in [2.24, 2.45) is 11.3 Å². The molecule has 1 saturated heterocycles. The maximum atomic E-state index is 13.5. The second-order valence-corrected chi connectivity index (χ2v) is 10.7. The van der Waals surface area contributed by atoms with E-state index in [1.54, 1.807) is 27.7 Å². The van der Waals surface area contributed by atoms with Crippen LogP contribution in [0.4, 0.5) is 4.79 Å². The van der Waals surface area contributed by atoms with E-state index in [-0.39, 0.29) is 11.8 Å². The highest BCUT2D eigenvalue weighted by atomic mass is 16.6. The molecule has 32 heavy (non-hydrogen) atoms. The Morgan fingerprint density at radius 2 is 1.69 bits per heavy atom. The van der Waals surface area contributed by atoms with E-state index in [9.17, 15) is 19.2 Å². The number of likely N-dealkylation sites (N-methyl/N-ethyl adjacent to an activating group) is 1. The molecule has 0 saturated carbocycles. The minimum absolute atomic E-state index is 0.140. The van der Waals surface area contributed by atoms with Gasteiger partial charge in [-0.05, 0) is 44.9 Å². The van der Waals surface area contributed by atoms with Crippen LogP contribution in [0.2, 0.25) is 0 Å². The van der Waals surface area contributed by atoms with Crippen molar-refractivity contribution in [1.82, 2.24) is 15.1 Å². The van der Waals surface area contributed by atoms with Crippen molar-refractivity contribution in [3.8, 4) is 0 Å². The van der Waals surface area contributed by atoms with Gasteiger partial charge in [-0.15, -0.1) is 0 Å². The molecule has 1 fully saturated rings. The fourth-order valence-electron chi connectivity index (χ4n) is 3.80. The van der Waals surface area contributed by atoms with Crippen molar-refractivity contribution in [2.75, 3.05) is 20.7 Å². The third kappa shape index (κ3) is 7.10. The minimum atomic E-state index is -0.881. The van der Waals surface area contributed by atoms with Crippen molar-refractivity contribution in [3.05, 3.63) is 0 Å². The molecule has 184 valence electrons. The molecule has 1 aliphatic heterocycles. The average molecular weight is 456 g/mol. The van der Waals surface area contributed by atoms with Crippen LogP contribution in [0.25, 0.3) is 0 Å². The zero-order valence-electron chi connectivity index (χ0n) is 21.3. The first-order valence-corrected chi connectivity index (χ1v) is 11.2. The first-order valence-electron chi connectivity index (χ1n) is 11.2. The van der Waals surface area contributed by atoms with Gasteiger partial charge >= 0.3 is 12.1 Å². The van der Waals surface area contributed by atoms with Gasteiger partial charge in [0.1, 0.15) is 23.7 Å². The van der Waals surface area contributed by atoms with E-state index in [1.807, 2.05) is 27.7 Å². The number of carbonyl (C=O) groups excluding carboxylic acids is 4. The molecule has 0 spiro atoms. The van der Waals surface area contributed by atoms with Crippen molar-refractivity contribution >= 4 is 23.9 Å². The van der Waals surface area contributed by atoms with Crippen LogP contribution in [0.1, 0.15) is 68.2 Å². The zero-order chi connectivity index (χ0) is 25.0. The SMILES string of the molecule is CC[C@@H](C(=O)N[C@H](C(=O)N1C[C@@H](C)C[C@H]1C(=O)OC)C(C)(C)C)N(C)C(=O)OC(C)(C)C. The number of rotatable bonds is 6. The molecule has 0 radical (unpaired) electrons. The van der Waals surface area contributed by atoms with Gasteiger partial charge in [0.2, 0.25) is 11.8 Å². The molecule has 0 unspecified atom stereocenters. The van der Waals surface area contributed by atoms with Crippen LogP contribution >= 0.6 is 0 Å². The molecule has 0 aromatic carbocycles. The Labute approximate surface area is 192 Å². The summed E-state index contributed by atoms with van der Waals surface area (Å²) in [4.78, 5) is 54.1. The zero-order valence-corrected chi connectivity index (χ0v) is 21.3. The quantitative estimate of drug-likeness (QED) is 0.617. The molecule has 0 aromatic heterocycles. The smallest absolute Gasteiger partial charge is 0.410 e.